The molecular weight excluding hydrogens is 580 g/mol. The molecule has 8 nitrogen and oxygen atoms in total. The lowest BCUT2D eigenvalue weighted by Crippen LogP contribution is -2.61. The summed E-state index contributed by atoms with van der Waals surface area (Å²) in [6.07, 6.45) is 6.56. The number of ether oxygens (including phenoxy) is 1. The number of rotatable bonds is 4. The van der Waals surface area contributed by atoms with Crippen LogP contribution < -0.4 is 5.32 Å². The summed E-state index contributed by atoms with van der Waals surface area (Å²) in [5, 5.41) is 3.46. The summed E-state index contributed by atoms with van der Waals surface area (Å²) in [6.45, 7) is 0.730. The molecule has 3 aromatic heterocycles. The SMILES string of the molecule is COC(=O)c1ccn2c3c(nc2c1)[C@@H]1[C@H](C3)N(CC2CC2)[C@]2(Cc3ccc(Cl)cc3NC2=O)[C@H]1c1ccnc(Cl)c1F. The van der Waals surface area contributed by atoms with Crippen molar-refractivity contribution in [2.24, 2.45) is 5.92 Å². The Labute approximate surface area is 250 Å². The summed E-state index contributed by atoms with van der Waals surface area (Å²) in [7, 11) is 1.34. The van der Waals surface area contributed by atoms with E-state index in [1.165, 1.54) is 13.3 Å². The summed E-state index contributed by atoms with van der Waals surface area (Å²) in [4.78, 5) is 38.1. The number of anilines is 1. The molecule has 0 unspecified atom stereocenters. The Balaban J connectivity index is 1.36. The van der Waals surface area contributed by atoms with Crippen LogP contribution in [0.15, 0.2) is 48.8 Å². The van der Waals surface area contributed by atoms with Crippen molar-refractivity contribution < 1.29 is 18.7 Å². The lowest BCUT2D eigenvalue weighted by Gasteiger charge is -2.46. The van der Waals surface area contributed by atoms with Gasteiger partial charge in [-0.15, -0.1) is 0 Å². The predicted molar refractivity (Wildman–Crippen MR) is 155 cm³/mol. The summed E-state index contributed by atoms with van der Waals surface area (Å²) >= 11 is 12.6. The Morgan fingerprint density at radius 1 is 1.21 bits per heavy atom. The molecule has 4 aliphatic rings. The molecule has 0 radical (unpaired) electrons. The van der Waals surface area contributed by atoms with Crippen LogP contribution in [0.25, 0.3) is 5.65 Å². The van der Waals surface area contributed by atoms with Crippen molar-refractivity contribution in [3.63, 3.8) is 0 Å². The molecule has 1 amide bonds. The highest BCUT2D eigenvalue weighted by Crippen LogP contribution is 2.61. The number of pyridine rings is 2. The number of nitrogens with one attached hydrogen (secondary N) is 1. The second-order valence-electron chi connectivity index (χ2n) is 11.8. The van der Waals surface area contributed by atoms with E-state index in [9.17, 15) is 9.59 Å². The fraction of sp³-hybridized carbons (Fsp3) is 0.355. The normalized spacial score (nSPS) is 26.3. The Hall–Kier alpha value is -3.53. The number of methoxy groups -OCH3 is 1. The monoisotopic (exact) mass is 605 g/mol. The Morgan fingerprint density at radius 2 is 2.05 bits per heavy atom. The number of hydrogen-bond donors (Lipinski definition) is 1. The molecule has 1 N–H and O–H groups in total. The topological polar surface area (TPSA) is 88.8 Å². The zero-order chi connectivity index (χ0) is 28.9. The number of carbonyl (C=O) groups is 2. The Kier molecular flexibility index (Phi) is 5.74. The van der Waals surface area contributed by atoms with Gasteiger partial charge in [0.25, 0.3) is 0 Å². The third-order valence-corrected chi connectivity index (χ3v) is 10.1. The van der Waals surface area contributed by atoms with E-state index in [2.05, 4.69) is 15.2 Å². The van der Waals surface area contributed by atoms with E-state index in [-0.39, 0.29) is 23.0 Å². The lowest BCUT2D eigenvalue weighted by molar-refractivity contribution is -0.129. The molecule has 11 heteroatoms. The summed E-state index contributed by atoms with van der Waals surface area (Å²) in [5.74, 6) is -1.66. The number of carbonyl (C=O) groups excluding carboxylic acids is 2. The zero-order valence-corrected chi connectivity index (χ0v) is 24.1. The molecule has 1 saturated heterocycles. The van der Waals surface area contributed by atoms with E-state index in [1.807, 2.05) is 22.7 Å². The summed E-state index contributed by atoms with van der Waals surface area (Å²) in [6, 6.07) is 10.5. The van der Waals surface area contributed by atoms with E-state index in [0.717, 1.165) is 36.3 Å². The fourth-order valence-electron chi connectivity index (χ4n) is 7.69. The van der Waals surface area contributed by atoms with Crippen LogP contribution in [0.4, 0.5) is 10.1 Å². The van der Waals surface area contributed by atoms with Crippen molar-refractivity contribution in [3.05, 3.63) is 92.9 Å². The van der Waals surface area contributed by atoms with E-state index < -0.39 is 23.2 Å². The summed E-state index contributed by atoms with van der Waals surface area (Å²) in [5.41, 5.74) is 3.71. The number of amides is 1. The highest BCUT2D eigenvalue weighted by molar-refractivity contribution is 6.31. The number of esters is 1. The quantitative estimate of drug-likeness (QED) is 0.247. The molecule has 214 valence electrons. The van der Waals surface area contributed by atoms with Gasteiger partial charge in [-0.05, 0) is 60.2 Å². The van der Waals surface area contributed by atoms with Gasteiger partial charge < -0.3 is 14.5 Å². The maximum Gasteiger partial charge on any atom is 0.338 e. The van der Waals surface area contributed by atoms with Crippen LogP contribution in [0.3, 0.4) is 0 Å². The molecule has 5 heterocycles. The molecular formula is C31H26Cl2FN5O3. The van der Waals surface area contributed by atoms with Crippen LogP contribution >= 0.6 is 23.2 Å². The number of benzene rings is 1. The number of fused-ring (bicyclic) bond motifs is 6. The third kappa shape index (κ3) is 3.63. The average Bonchev–Trinajstić information content (AvgIpc) is 3.57. The second-order valence-corrected chi connectivity index (χ2v) is 12.6. The van der Waals surface area contributed by atoms with Crippen LogP contribution in [0.5, 0.6) is 0 Å². The molecule has 2 aliphatic heterocycles. The first-order chi connectivity index (χ1) is 20.3. The maximum absolute atomic E-state index is 16.0. The van der Waals surface area contributed by atoms with Gasteiger partial charge in [0.05, 0.1) is 18.4 Å². The minimum absolute atomic E-state index is 0.0868. The van der Waals surface area contributed by atoms with Crippen molar-refractivity contribution >= 4 is 46.4 Å². The first-order valence-electron chi connectivity index (χ1n) is 14.1. The van der Waals surface area contributed by atoms with E-state index in [0.29, 0.717) is 46.2 Å². The van der Waals surface area contributed by atoms with Crippen molar-refractivity contribution in [1.29, 1.82) is 0 Å². The maximum atomic E-state index is 16.0. The van der Waals surface area contributed by atoms with Crippen LogP contribution in [0.2, 0.25) is 10.2 Å². The average molecular weight is 606 g/mol. The van der Waals surface area contributed by atoms with Gasteiger partial charge in [-0.2, -0.15) is 0 Å². The van der Waals surface area contributed by atoms with Gasteiger partial charge in [0, 0.05) is 66.1 Å². The second kappa shape index (κ2) is 9.23. The minimum atomic E-state index is -1.09. The number of hydrogen-bond acceptors (Lipinski definition) is 6. The highest BCUT2D eigenvalue weighted by Gasteiger charge is 2.67. The molecule has 1 saturated carbocycles. The molecule has 2 aliphatic carbocycles. The van der Waals surface area contributed by atoms with Crippen LogP contribution in [0.1, 0.15) is 57.6 Å². The van der Waals surface area contributed by atoms with Crippen molar-refractivity contribution in [2.45, 2.75) is 49.1 Å². The molecule has 0 bridgehead atoms. The fourth-order valence-corrected chi connectivity index (χ4v) is 8.03. The number of aromatic nitrogens is 3. The Morgan fingerprint density at radius 3 is 2.83 bits per heavy atom. The number of nitrogens with zero attached hydrogens (tertiary/aromatic N) is 4. The Bertz CT molecular complexity index is 1820. The van der Waals surface area contributed by atoms with Crippen LogP contribution in [-0.4, -0.2) is 56.4 Å². The largest absolute Gasteiger partial charge is 0.465 e. The molecule has 4 atom stereocenters. The first kappa shape index (κ1) is 26.1. The van der Waals surface area contributed by atoms with Gasteiger partial charge in [-0.1, -0.05) is 29.3 Å². The molecule has 1 aromatic carbocycles. The van der Waals surface area contributed by atoms with Crippen LogP contribution in [0, 0.1) is 11.7 Å². The van der Waals surface area contributed by atoms with Gasteiger partial charge in [0.1, 0.15) is 11.2 Å². The van der Waals surface area contributed by atoms with Crippen molar-refractivity contribution in [1.82, 2.24) is 19.3 Å². The molecule has 2 fully saturated rings. The van der Waals surface area contributed by atoms with Crippen molar-refractivity contribution in [2.75, 3.05) is 19.0 Å². The van der Waals surface area contributed by atoms with Crippen LogP contribution in [-0.2, 0) is 22.4 Å². The van der Waals surface area contributed by atoms with Gasteiger partial charge >= 0.3 is 5.97 Å². The number of imidazole rings is 1. The van der Waals surface area contributed by atoms with E-state index in [1.54, 1.807) is 24.3 Å². The van der Waals surface area contributed by atoms with E-state index >= 15 is 4.39 Å². The minimum Gasteiger partial charge on any atom is -0.465 e. The molecule has 1 spiro atoms. The molecule has 4 aromatic rings. The van der Waals surface area contributed by atoms with Gasteiger partial charge in [0.15, 0.2) is 11.0 Å². The number of halogens is 3. The molecule has 8 rings (SSSR count). The molecule has 42 heavy (non-hydrogen) atoms. The smallest absolute Gasteiger partial charge is 0.338 e. The lowest BCUT2D eigenvalue weighted by atomic mass is 9.69. The predicted octanol–water partition coefficient (Wildman–Crippen LogP) is 5.41. The van der Waals surface area contributed by atoms with Gasteiger partial charge in [-0.25, -0.2) is 19.2 Å². The third-order valence-electron chi connectivity index (χ3n) is 9.63. The first-order valence-corrected chi connectivity index (χ1v) is 14.8. The van der Waals surface area contributed by atoms with Gasteiger partial charge in [0.2, 0.25) is 5.91 Å². The zero-order valence-electron chi connectivity index (χ0n) is 22.6. The van der Waals surface area contributed by atoms with Gasteiger partial charge in [-0.3, -0.25) is 9.69 Å². The number of likely N-dealkylation sites (tertiary alicyclic amines) is 1. The standard InChI is InChI=1S/C31H26Cl2FN5O3/c1-42-29(40)16-7-9-38-22-12-21-24(27(22)37-23(38)10-16)25(19-6-8-35-28(33)26(19)34)31(39(21)14-15-2-3-15)13-17-4-5-18(32)11-20(17)36-30(31)41/h4-11,15,21,24-25H,2-3,12-14H2,1H3,(H,36,41)/t21-,24+,25-,31+/m0/s1. The highest BCUT2D eigenvalue weighted by atomic mass is 35.5. The van der Waals surface area contributed by atoms with Crippen molar-refractivity contribution in [3.8, 4) is 0 Å². The van der Waals surface area contributed by atoms with E-state index in [4.69, 9.17) is 32.9 Å². The summed E-state index contributed by atoms with van der Waals surface area (Å²) < 4.78 is 23.0.